The first-order chi connectivity index (χ1) is 8.08. The highest BCUT2D eigenvalue weighted by Crippen LogP contribution is 2.23. The van der Waals surface area contributed by atoms with Crippen molar-refractivity contribution in [3.8, 4) is 0 Å². The monoisotopic (exact) mass is 282 g/mol. The summed E-state index contributed by atoms with van der Waals surface area (Å²) in [5.41, 5.74) is 0. The van der Waals surface area contributed by atoms with Gasteiger partial charge in [-0.15, -0.1) is 11.6 Å². The second-order valence-corrected chi connectivity index (χ2v) is 6.90. The molecular formula is C10H19ClN2O3S. The van der Waals surface area contributed by atoms with Crippen LogP contribution in [0.1, 0.15) is 25.7 Å². The van der Waals surface area contributed by atoms with Gasteiger partial charge in [-0.3, -0.25) is 0 Å². The lowest BCUT2D eigenvalue weighted by Crippen LogP contribution is -2.50. The number of alkyl halides is 1. The SMILES string of the molecule is O=S(=O)(NC1CCC(Cl)CC1)N1CCOCC1. The Bertz CT molecular complexity index is 335. The molecule has 0 spiro atoms. The van der Waals surface area contributed by atoms with Crippen LogP contribution in [0.2, 0.25) is 0 Å². The first-order valence-corrected chi connectivity index (χ1v) is 7.95. The summed E-state index contributed by atoms with van der Waals surface area (Å²) in [5.74, 6) is 0. The molecular weight excluding hydrogens is 264 g/mol. The van der Waals surface area contributed by atoms with E-state index >= 15 is 0 Å². The van der Waals surface area contributed by atoms with E-state index in [4.69, 9.17) is 16.3 Å². The number of nitrogens with zero attached hydrogens (tertiary/aromatic N) is 1. The number of hydrogen-bond acceptors (Lipinski definition) is 3. The zero-order chi connectivity index (χ0) is 12.3. The minimum absolute atomic E-state index is 0.0397. The van der Waals surface area contributed by atoms with E-state index in [2.05, 4.69) is 4.72 Å². The number of hydrogen-bond donors (Lipinski definition) is 1. The molecule has 7 heteroatoms. The highest BCUT2D eigenvalue weighted by atomic mass is 35.5. The van der Waals surface area contributed by atoms with Crippen molar-refractivity contribution in [1.82, 2.24) is 9.03 Å². The Kier molecular flexibility index (Phi) is 4.65. The summed E-state index contributed by atoms with van der Waals surface area (Å²) >= 11 is 6.00. The van der Waals surface area contributed by atoms with Gasteiger partial charge in [0.25, 0.3) is 10.2 Å². The van der Waals surface area contributed by atoms with E-state index in [-0.39, 0.29) is 11.4 Å². The average Bonchev–Trinajstić information content (AvgIpc) is 2.33. The highest BCUT2D eigenvalue weighted by molar-refractivity contribution is 7.87. The molecule has 0 bridgehead atoms. The third-order valence-corrected chi connectivity index (χ3v) is 5.39. The van der Waals surface area contributed by atoms with Gasteiger partial charge in [0.2, 0.25) is 0 Å². The van der Waals surface area contributed by atoms with Gasteiger partial charge in [-0.2, -0.15) is 17.4 Å². The molecule has 5 nitrogen and oxygen atoms in total. The number of morpholine rings is 1. The van der Waals surface area contributed by atoms with Gasteiger partial charge in [-0.1, -0.05) is 0 Å². The fourth-order valence-electron chi connectivity index (χ4n) is 2.24. The van der Waals surface area contributed by atoms with Crippen LogP contribution in [0, 0.1) is 0 Å². The largest absolute Gasteiger partial charge is 0.379 e. The van der Waals surface area contributed by atoms with E-state index < -0.39 is 10.2 Å². The third-order valence-electron chi connectivity index (χ3n) is 3.28. The summed E-state index contributed by atoms with van der Waals surface area (Å²) in [4.78, 5) is 0. The average molecular weight is 283 g/mol. The number of rotatable bonds is 3. The van der Waals surface area contributed by atoms with Crippen LogP contribution in [-0.4, -0.2) is 50.4 Å². The Morgan fingerprint density at radius 2 is 1.71 bits per heavy atom. The van der Waals surface area contributed by atoms with E-state index in [9.17, 15) is 8.42 Å². The van der Waals surface area contributed by atoms with Crippen molar-refractivity contribution in [2.24, 2.45) is 0 Å². The fourth-order valence-corrected chi connectivity index (χ4v) is 3.93. The fraction of sp³-hybridized carbons (Fsp3) is 1.00. The lowest BCUT2D eigenvalue weighted by Gasteiger charge is -2.30. The lowest BCUT2D eigenvalue weighted by atomic mass is 9.96. The lowest BCUT2D eigenvalue weighted by molar-refractivity contribution is 0.0722. The molecule has 0 amide bonds. The van der Waals surface area contributed by atoms with E-state index in [1.54, 1.807) is 0 Å². The van der Waals surface area contributed by atoms with E-state index in [1.807, 2.05) is 0 Å². The Balaban J connectivity index is 1.88. The van der Waals surface area contributed by atoms with Gasteiger partial charge in [0.1, 0.15) is 0 Å². The predicted octanol–water partition coefficient (Wildman–Crippen LogP) is 0.703. The smallest absolute Gasteiger partial charge is 0.279 e. The van der Waals surface area contributed by atoms with Gasteiger partial charge in [-0.05, 0) is 25.7 Å². The molecule has 0 atom stereocenters. The zero-order valence-electron chi connectivity index (χ0n) is 9.77. The standard InChI is InChI=1S/C10H19ClN2O3S/c11-9-1-3-10(4-2-9)12-17(14,15)13-5-7-16-8-6-13/h9-10,12H,1-8H2. The van der Waals surface area contributed by atoms with Gasteiger partial charge in [0.15, 0.2) is 0 Å². The van der Waals surface area contributed by atoms with Gasteiger partial charge in [0.05, 0.1) is 13.2 Å². The zero-order valence-corrected chi connectivity index (χ0v) is 11.3. The Hall–Kier alpha value is 0.120. The molecule has 1 saturated heterocycles. The van der Waals surface area contributed by atoms with Gasteiger partial charge in [0, 0.05) is 24.5 Å². The molecule has 1 N–H and O–H groups in total. The van der Waals surface area contributed by atoms with E-state index in [0.29, 0.717) is 26.3 Å². The van der Waals surface area contributed by atoms with Crippen molar-refractivity contribution in [2.45, 2.75) is 37.1 Å². The summed E-state index contributed by atoms with van der Waals surface area (Å²) in [6, 6.07) is 0.0397. The molecule has 17 heavy (non-hydrogen) atoms. The molecule has 1 saturated carbocycles. The van der Waals surface area contributed by atoms with Crippen molar-refractivity contribution in [3.63, 3.8) is 0 Å². The molecule has 0 unspecified atom stereocenters. The molecule has 2 fully saturated rings. The summed E-state index contributed by atoms with van der Waals surface area (Å²) in [7, 11) is -3.34. The molecule has 1 aliphatic carbocycles. The molecule has 0 radical (unpaired) electrons. The molecule has 0 aromatic carbocycles. The predicted molar refractivity (Wildman–Crippen MR) is 66.3 cm³/mol. The molecule has 0 aromatic rings. The second-order valence-electron chi connectivity index (χ2n) is 4.58. The van der Waals surface area contributed by atoms with E-state index in [1.165, 1.54) is 4.31 Å². The first kappa shape index (κ1) is 13.5. The maximum atomic E-state index is 12.1. The maximum absolute atomic E-state index is 12.1. The minimum atomic E-state index is -3.34. The van der Waals surface area contributed by atoms with Crippen LogP contribution in [0.3, 0.4) is 0 Å². The summed E-state index contributed by atoms with van der Waals surface area (Å²) < 4.78 is 33.5. The minimum Gasteiger partial charge on any atom is -0.379 e. The number of halogens is 1. The van der Waals surface area contributed by atoms with Crippen LogP contribution in [0.4, 0.5) is 0 Å². The topological polar surface area (TPSA) is 58.6 Å². The van der Waals surface area contributed by atoms with E-state index in [0.717, 1.165) is 25.7 Å². The van der Waals surface area contributed by atoms with Crippen LogP contribution in [-0.2, 0) is 14.9 Å². The Labute approximate surface area is 108 Å². The van der Waals surface area contributed by atoms with Crippen LogP contribution < -0.4 is 4.72 Å². The van der Waals surface area contributed by atoms with Gasteiger partial charge in [-0.25, -0.2) is 0 Å². The molecule has 100 valence electrons. The van der Waals surface area contributed by atoms with Crippen molar-refractivity contribution in [2.75, 3.05) is 26.3 Å². The first-order valence-electron chi connectivity index (χ1n) is 6.07. The van der Waals surface area contributed by atoms with Crippen molar-refractivity contribution in [3.05, 3.63) is 0 Å². The Morgan fingerprint density at radius 3 is 2.29 bits per heavy atom. The van der Waals surface area contributed by atoms with Crippen molar-refractivity contribution < 1.29 is 13.2 Å². The number of ether oxygens (including phenoxy) is 1. The number of nitrogens with one attached hydrogen (secondary N) is 1. The normalized spacial score (nSPS) is 32.5. The third kappa shape index (κ3) is 3.79. The summed E-state index contributed by atoms with van der Waals surface area (Å²) in [6.07, 6.45) is 3.44. The molecule has 2 aliphatic rings. The summed E-state index contributed by atoms with van der Waals surface area (Å²) in [6.45, 7) is 1.85. The molecule has 0 aromatic heterocycles. The highest BCUT2D eigenvalue weighted by Gasteiger charge is 2.28. The summed E-state index contributed by atoms with van der Waals surface area (Å²) in [5, 5.41) is 0.208. The van der Waals surface area contributed by atoms with Crippen LogP contribution >= 0.6 is 11.6 Å². The van der Waals surface area contributed by atoms with Crippen molar-refractivity contribution >= 4 is 21.8 Å². The van der Waals surface area contributed by atoms with Crippen LogP contribution in [0.25, 0.3) is 0 Å². The van der Waals surface area contributed by atoms with Gasteiger partial charge >= 0.3 is 0 Å². The van der Waals surface area contributed by atoms with Crippen molar-refractivity contribution in [1.29, 1.82) is 0 Å². The van der Waals surface area contributed by atoms with Crippen LogP contribution in [0.15, 0.2) is 0 Å². The molecule has 1 aliphatic heterocycles. The maximum Gasteiger partial charge on any atom is 0.279 e. The van der Waals surface area contributed by atoms with Crippen LogP contribution in [0.5, 0.6) is 0 Å². The molecule has 2 rings (SSSR count). The van der Waals surface area contributed by atoms with Gasteiger partial charge < -0.3 is 4.74 Å². The molecule has 1 heterocycles. The quantitative estimate of drug-likeness (QED) is 0.776. The second kappa shape index (κ2) is 5.84. The Morgan fingerprint density at radius 1 is 1.12 bits per heavy atom.